The summed E-state index contributed by atoms with van der Waals surface area (Å²) in [7, 11) is 1.79. The van der Waals surface area contributed by atoms with Crippen molar-refractivity contribution in [2.45, 2.75) is 63.5 Å². The zero-order valence-corrected chi connectivity index (χ0v) is 15.3. The van der Waals surface area contributed by atoms with Crippen LogP contribution in [0.15, 0.2) is 12.3 Å². The van der Waals surface area contributed by atoms with E-state index in [9.17, 15) is 4.79 Å². The van der Waals surface area contributed by atoms with Crippen LogP contribution in [0.1, 0.15) is 55.2 Å². The third kappa shape index (κ3) is 3.68. The lowest BCUT2D eigenvalue weighted by Gasteiger charge is -2.36. The van der Waals surface area contributed by atoms with Crippen molar-refractivity contribution in [3.8, 4) is 0 Å². The molecule has 1 amide bonds. The van der Waals surface area contributed by atoms with E-state index in [1.807, 2.05) is 13.0 Å². The molecule has 2 saturated carbocycles. The minimum absolute atomic E-state index is 0.0176. The van der Waals surface area contributed by atoms with Crippen LogP contribution in [0.2, 0.25) is 0 Å². The molecule has 2 aliphatic carbocycles. The Labute approximate surface area is 152 Å². The lowest BCUT2D eigenvalue weighted by Crippen LogP contribution is -2.50. The molecule has 8 nitrogen and oxygen atoms in total. The summed E-state index contributed by atoms with van der Waals surface area (Å²) in [6, 6.07) is 2.57. The van der Waals surface area contributed by atoms with Gasteiger partial charge in [0.25, 0.3) is 0 Å². The van der Waals surface area contributed by atoms with Gasteiger partial charge in [-0.25, -0.2) is 9.97 Å². The number of nitrogens with one attached hydrogen (secondary N) is 2. The van der Waals surface area contributed by atoms with Gasteiger partial charge in [0.15, 0.2) is 0 Å². The quantitative estimate of drug-likeness (QED) is 0.815. The Morgan fingerprint density at radius 1 is 1.27 bits per heavy atom. The van der Waals surface area contributed by atoms with Gasteiger partial charge in [0, 0.05) is 36.8 Å². The minimum Gasteiger partial charge on any atom is -0.367 e. The molecule has 26 heavy (non-hydrogen) atoms. The number of anilines is 1. The highest BCUT2D eigenvalue weighted by molar-refractivity contribution is 5.78. The van der Waals surface area contributed by atoms with Crippen LogP contribution >= 0.6 is 0 Å². The number of amides is 1. The SMILES string of the molecule is Cc1cc(NC2CC(NC(=O)Cc3cnnn3C)C2)nc(C2CCC2)n1. The molecule has 138 valence electrons. The number of hydrogen-bond acceptors (Lipinski definition) is 6. The van der Waals surface area contributed by atoms with Crippen molar-refractivity contribution in [3.05, 3.63) is 29.5 Å². The van der Waals surface area contributed by atoms with E-state index in [-0.39, 0.29) is 11.9 Å². The maximum Gasteiger partial charge on any atom is 0.226 e. The summed E-state index contributed by atoms with van der Waals surface area (Å²) in [5.41, 5.74) is 1.83. The van der Waals surface area contributed by atoms with Crippen molar-refractivity contribution in [1.29, 1.82) is 0 Å². The van der Waals surface area contributed by atoms with E-state index in [4.69, 9.17) is 4.98 Å². The Bertz CT molecular complexity index is 793. The first kappa shape index (κ1) is 16.9. The van der Waals surface area contributed by atoms with Crippen molar-refractivity contribution >= 4 is 11.7 Å². The summed E-state index contributed by atoms with van der Waals surface area (Å²) < 4.78 is 1.63. The predicted molar refractivity (Wildman–Crippen MR) is 96.6 cm³/mol. The highest BCUT2D eigenvalue weighted by Gasteiger charge is 2.31. The standard InChI is InChI=1S/C18H25N7O/c1-11-6-16(23-18(20-11)12-4-3-5-12)21-13-7-14(8-13)22-17(26)9-15-10-19-24-25(15)2/h6,10,12-14H,3-5,7-9H2,1-2H3,(H,22,26)(H,20,21,23). The monoisotopic (exact) mass is 355 g/mol. The topological polar surface area (TPSA) is 97.6 Å². The molecule has 0 spiro atoms. The van der Waals surface area contributed by atoms with Gasteiger partial charge in [0.05, 0.1) is 18.3 Å². The van der Waals surface area contributed by atoms with Crippen LogP contribution in [-0.2, 0) is 18.3 Å². The van der Waals surface area contributed by atoms with Crippen LogP contribution in [0, 0.1) is 6.92 Å². The highest BCUT2D eigenvalue weighted by Crippen LogP contribution is 2.35. The van der Waals surface area contributed by atoms with Crippen molar-refractivity contribution in [2.75, 3.05) is 5.32 Å². The fraction of sp³-hybridized carbons (Fsp3) is 0.611. The third-order valence-electron chi connectivity index (χ3n) is 5.35. The van der Waals surface area contributed by atoms with Crippen LogP contribution in [-0.4, -0.2) is 43.0 Å². The van der Waals surface area contributed by atoms with Crippen LogP contribution in [0.5, 0.6) is 0 Å². The fourth-order valence-corrected chi connectivity index (χ4v) is 3.49. The first-order valence-corrected chi connectivity index (χ1v) is 9.32. The van der Waals surface area contributed by atoms with E-state index < -0.39 is 0 Å². The molecule has 0 aliphatic heterocycles. The molecule has 2 heterocycles. The van der Waals surface area contributed by atoms with E-state index in [0.717, 1.165) is 35.9 Å². The van der Waals surface area contributed by atoms with Crippen LogP contribution in [0.4, 0.5) is 5.82 Å². The predicted octanol–water partition coefficient (Wildman–Crippen LogP) is 1.48. The fourth-order valence-electron chi connectivity index (χ4n) is 3.49. The second-order valence-corrected chi connectivity index (χ2v) is 7.48. The normalized spacial score (nSPS) is 22.4. The Morgan fingerprint density at radius 3 is 2.73 bits per heavy atom. The second kappa shape index (κ2) is 7.01. The van der Waals surface area contributed by atoms with Gasteiger partial charge in [0.1, 0.15) is 11.6 Å². The molecule has 4 rings (SSSR count). The molecule has 2 aromatic rings. The molecule has 2 N–H and O–H groups in total. The Hall–Kier alpha value is -2.51. The third-order valence-corrected chi connectivity index (χ3v) is 5.35. The summed E-state index contributed by atoms with van der Waals surface area (Å²) in [5.74, 6) is 2.44. The second-order valence-electron chi connectivity index (χ2n) is 7.48. The van der Waals surface area contributed by atoms with Crippen LogP contribution in [0.25, 0.3) is 0 Å². The van der Waals surface area contributed by atoms with Crippen molar-refractivity contribution in [1.82, 2.24) is 30.3 Å². The molecule has 0 atom stereocenters. The molecular formula is C18H25N7O. The smallest absolute Gasteiger partial charge is 0.226 e. The van der Waals surface area contributed by atoms with Crippen molar-refractivity contribution in [3.63, 3.8) is 0 Å². The van der Waals surface area contributed by atoms with Crippen LogP contribution in [0.3, 0.4) is 0 Å². The Morgan fingerprint density at radius 2 is 2.08 bits per heavy atom. The number of aromatic nitrogens is 5. The van der Waals surface area contributed by atoms with Gasteiger partial charge < -0.3 is 10.6 Å². The average Bonchev–Trinajstić information content (AvgIpc) is 2.88. The van der Waals surface area contributed by atoms with Gasteiger partial charge in [-0.2, -0.15) is 0 Å². The summed E-state index contributed by atoms with van der Waals surface area (Å²) in [4.78, 5) is 21.4. The maximum atomic E-state index is 12.1. The van der Waals surface area contributed by atoms with E-state index in [2.05, 4.69) is 25.9 Å². The molecular weight excluding hydrogens is 330 g/mol. The number of carbonyl (C=O) groups excluding carboxylic acids is 1. The summed E-state index contributed by atoms with van der Waals surface area (Å²) >= 11 is 0. The first-order chi connectivity index (χ1) is 12.6. The Balaban J connectivity index is 1.25. The first-order valence-electron chi connectivity index (χ1n) is 9.32. The van der Waals surface area contributed by atoms with Gasteiger partial charge in [-0.15, -0.1) is 5.10 Å². The van der Waals surface area contributed by atoms with E-state index in [1.54, 1.807) is 17.9 Å². The van der Waals surface area contributed by atoms with Gasteiger partial charge in [-0.3, -0.25) is 9.48 Å². The van der Waals surface area contributed by atoms with Gasteiger partial charge in [-0.1, -0.05) is 11.6 Å². The van der Waals surface area contributed by atoms with E-state index in [1.165, 1.54) is 19.3 Å². The largest absolute Gasteiger partial charge is 0.367 e. The molecule has 2 fully saturated rings. The zero-order valence-electron chi connectivity index (χ0n) is 15.3. The van der Waals surface area contributed by atoms with Gasteiger partial charge in [0.2, 0.25) is 5.91 Å². The zero-order chi connectivity index (χ0) is 18.1. The molecule has 0 unspecified atom stereocenters. The minimum atomic E-state index is 0.0176. The lowest BCUT2D eigenvalue weighted by molar-refractivity contribution is -0.121. The number of nitrogens with zero attached hydrogens (tertiary/aromatic N) is 5. The van der Waals surface area contributed by atoms with Crippen molar-refractivity contribution < 1.29 is 4.79 Å². The number of aryl methyl sites for hydroxylation is 2. The Kier molecular flexibility index (Phi) is 4.57. The van der Waals surface area contributed by atoms with Gasteiger partial charge >= 0.3 is 0 Å². The molecule has 0 aromatic carbocycles. The van der Waals surface area contributed by atoms with E-state index >= 15 is 0 Å². The molecule has 2 aromatic heterocycles. The number of carbonyl (C=O) groups is 1. The molecule has 0 saturated heterocycles. The number of hydrogen-bond donors (Lipinski definition) is 2. The number of rotatable bonds is 6. The molecule has 2 aliphatic rings. The van der Waals surface area contributed by atoms with E-state index in [0.29, 0.717) is 18.4 Å². The van der Waals surface area contributed by atoms with Crippen LogP contribution < -0.4 is 10.6 Å². The summed E-state index contributed by atoms with van der Waals surface area (Å²) in [6.45, 7) is 2.02. The highest BCUT2D eigenvalue weighted by atomic mass is 16.1. The average molecular weight is 355 g/mol. The lowest BCUT2D eigenvalue weighted by atomic mass is 9.84. The summed E-state index contributed by atoms with van der Waals surface area (Å²) in [6.07, 6.45) is 7.45. The molecule has 8 heteroatoms. The van der Waals surface area contributed by atoms with Gasteiger partial charge in [-0.05, 0) is 32.6 Å². The molecule has 0 bridgehead atoms. The summed E-state index contributed by atoms with van der Waals surface area (Å²) in [5, 5.41) is 14.2. The maximum absolute atomic E-state index is 12.1. The molecule has 0 radical (unpaired) electrons. The van der Waals surface area contributed by atoms with Crippen molar-refractivity contribution in [2.24, 2.45) is 7.05 Å².